The number of hydrogen-bond donors (Lipinski definition) is 0. The van der Waals surface area contributed by atoms with Crippen molar-refractivity contribution in [3.8, 4) is 0 Å². The minimum Gasteiger partial charge on any atom is -0.464 e. The molecular formula is C15H17N3O4. The summed E-state index contributed by atoms with van der Waals surface area (Å²) < 4.78 is 13.3. The number of carbonyl (C=O) groups is 1. The molecule has 0 spiro atoms. The SMILES string of the molecule is CCOC(=O)[C@H](CC)n1nc(C)n2c(cc3occc32)c1=O. The molecule has 0 aliphatic heterocycles. The summed E-state index contributed by atoms with van der Waals surface area (Å²) >= 11 is 0. The lowest BCUT2D eigenvalue weighted by atomic mass is 10.2. The maximum absolute atomic E-state index is 12.7. The zero-order chi connectivity index (χ0) is 15.9. The van der Waals surface area contributed by atoms with E-state index in [-0.39, 0.29) is 12.2 Å². The molecule has 0 radical (unpaired) electrons. The van der Waals surface area contributed by atoms with Gasteiger partial charge in [0.1, 0.15) is 11.3 Å². The van der Waals surface area contributed by atoms with E-state index in [9.17, 15) is 9.59 Å². The van der Waals surface area contributed by atoms with Crippen LogP contribution < -0.4 is 5.56 Å². The average Bonchev–Trinajstić information content (AvgIpc) is 3.05. The summed E-state index contributed by atoms with van der Waals surface area (Å²) in [5.74, 6) is 0.160. The molecule has 0 N–H and O–H groups in total. The van der Waals surface area contributed by atoms with E-state index in [1.54, 1.807) is 36.6 Å². The van der Waals surface area contributed by atoms with Crippen LogP contribution in [0.25, 0.3) is 16.6 Å². The molecule has 116 valence electrons. The fraction of sp³-hybridized carbons (Fsp3) is 0.400. The summed E-state index contributed by atoms with van der Waals surface area (Å²) in [5, 5.41) is 4.30. The van der Waals surface area contributed by atoms with Crippen molar-refractivity contribution in [2.24, 2.45) is 0 Å². The Morgan fingerprint density at radius 2 is 2.18 bits per heavy atom. The van der Waals surface area contributed by atoms with Crippen LogP contribution >= 0.6 is 0 Å². The number of furan rings is 1. The first-order valence-corrected chi connectivity index (χ1v) is 7.23. The third-order valence-corrected chi connectivity index (χ3v) is 3.67. The summed E-state index contributed by atoms with van der Waals surface area (Å²) in [6, 6.07) is 2.72. The van der Waals surface area contributed by atoms with Crippen molar-refractivity contribution in [1.29, 1.82) is 0 Å². The van der Waals surface area contributed by atoms with E-state index in [4.69, 9.17) is 9.15 Å². The van der Waals surface area contributed by atoms with Crippen LogP contribution in [0.15, 0.2) is 27.6 Å². The summed E-state index contributed by atoms with van der Waals surface area (Å²) in [6.07, 6.45) is 1.99. The Kier molecular flexibility index (Phi) is 3.48. The van der Waals surface area contributed by atoms with Gasteiger partial charge in [0.05, 0.1) is 18.4 Å². The van der Waals surface area contributed by atoms with Crippen LogP contribution in [-0.4, -0.2) is 26.8 Å². The Morgan fingerprint density at radius 1 is 1.41 bits per heavy atom. The molecule has 3 heterocycles. The van der Waals surface area contributed by atoms with Crippen molar-refractivity contribution in [1.82, 2.24) is 14.2 Å². The molecule has 3 aromatic heterocycles. The minimum atomic E-state index is -0.725. The van der Waals surface area contributed by atoms with Gasteiger partial charge in [0, 0.05) is 12.1 Å². The monoisotopic (exact) mass is 303 g/mol. The number of esters is 1. The van der Waals surface area contributed by atoms with Crippen LogP contribution in [0.5, 0.6) is 0 Å². The van der Waals surface area contributed by atoms with Gasteiger partial charge in [-0.05, 0) is 20.3 Å². The highest BCUT2D eigenvalue weighted by Gasteiger charge is 2.24. The molecule has 1 atom stereocenters. The van der Waals surface area contributed by atoms with E-state index in [0.717, 1.165) is 5.52 Å². The maximum Gasteiger partial charge on any atom is 0.331 e. The zero-order valence-corrected chi connectivity index (χ0v) is 12.7. The van der Waals surface area contributed by atoms with Crippen LogP contribution in [0.1, 0.15) is 32.1 Å². The third-order valence-electron chi connectivity index (χ3n) is 3.67. The van der Waals surface area contributed by atoms with Gasteiger partial charge < -0.3 is 9.15 Å². The Balaban J connectivity index is 2.24. The highest BCUT2D eigenvalue weighted by Crippen LogP contribution is 2.21. The number of hydrogen-bond acceptors (Lipinski definition) is 5. The lowest BCUT2D eigenvalue weighted by Crippen LogP contribution is -2.34. The van der Waals surface area contributed by atoms with Crippen molar-refractivity contribution in [2.45, 2.75) is 33.2 Å². The number of aromatic nitrogens is 3. The number of rotatable bonds is 4. The fourth-order valence-electron chi connectivity index (χ4n) is 2.68. The van der Waals surface area contributed by atoms with Gasteiger partial charge in [-0.3, -0.25) is 9.20 Å². The Morgan fingerprint density at radius 3 is 2.86 bits per heavy atom. The van der Waals surface area contributed by atoms with Gasteiger partial charge in [-0.15, -0.1) is 0 Å². The van der Waals surface area contributed by atoms with E-state index < -0.39 is 12.0 Å². The molecule has 7 heteroatoms. The van der Waals surface area contributed by atoms with Gasteiger partial charge in [-0.1, -0.05) is 6.92 Å². The number of fused-ring (bicyclic) bond motifs is 3. The molecule has 0 amide bonds. The van der Waals surface area contributed by atoms with E-state index >= 15 is 0 Å². The molecule has 0 aliphatic rings. The largest absolute Gasteiger partial charge is 0.464 e. The maximum atomic E-state index is 12.7. The Bertz CT molecular complexity index is 903. The standard InChI is InChI=1S/C15H17N3O4/c1-4-10(15(20)21-5-2)18-14(19)12-8-13-11(6-7-22-13)17(12)9(3)16-18/h6-8,10H,4-5H2,1-3H3/t10-/m0/s1. The lowest BCUT2D eigenvalue weighted by Gasteiger charge is -2.16. The molecule has 0 saturated carbocycles. The molecule has 3 rings (SSSR count). The van der Waals surface area contributed by atoms with Gasteiger partial charge in [-0.25, -0.2) is 9.48 Å². The Labute approximate surface area is 126 Å². The number of carbonyl (C=O) groups excluding carboxylic acids is 1. The number of nitrogens with zero attached hydrogens (tertiary/aromatic N) is 3. The first-order valence-electron chi connectivity index (χ1n) is 7.23. The second-order valence-electron chi connectivity index (χ2n) is 5.01. The molecule has 7 nitrogen and oxygen atoms in total. The number of ether oxygens (including phenoxy) is 1. The smallest absolute Gasteiger partial charge is 0.331 e. The quantitative estimate of drug-likeness (QED) is 0.689. The first-order chi connectivity index (χ1) is 10.6. The van der Waals surface area contributed by atoms with Gasteiger partial charge in [-0.2, -0.15) is 5.10 Å². The van der Waals surface area contributed by atoms with Gasteiger partial charge in [0.25, 0.3) is 5.56 Å². The van der Waals surface area contributed by atoms with E-state index in [0.29, 0.717) is 23.3 Å². The minimum absolute atomic E-state index is 0.267. The Hall–Kier alpha value is -2.57. The predicted octanol–water partition coefficient (Wildman–Crippen LogP) is 2.06. The number of aryl methyl sites for hydroxylation is 1. The van der Waals surface area contributed by atoms with Crippen LogP contribution in [0.2, 0.25) is 0 Å². The van der Waals surface area contributed by atoms with Crippen LogP contribution in [0.4, 0.5) is 0 Å². The lowest BCUT2D eigenvalue weighted by molar-refractivity contribution is -0.147. The molecule has 0 unspecified atom stereocenters. The molecule has 22 heavy (non-hydrogen) atoms. The summed E-state index contributed by atoms with van der Waals surface area (Å²) in [4.78, 5) is 24.7. The van der Waals surface area contributed by atoms with Crippen molar-refractivity contribution < 1.29 is 13.9 Å². The van der Waals surface area contributed by atoms with Crippen LogP contribution in [-0.2, 0) is 9.53 Å². The molecule has 0 bridgehead atoms. The molecule has 0 aromatic carbocycles. The molecule has 0 saturated heterocycles. The predicted molar refractivity (Wildman–Crippen MR) is 79.9 cm³/mol. The summed E-state index contributed by atoms with van der Waals surface area (Å²) in [6.45, 7) is 5.60. The van der Waals surface area contributed by atoms with Crippen molar-refractivity contribution >= 4 is 22.6 Å². The molecule has 0 fully saturated rings. The van der Waals surface area contributed by atoms with Crippen LogP contribution in [0.3, 0.4) is 0 Å². The van der Waals surface area contributed by atoms with Crippen molar-refractivity contribution in [2.75, 3.05) is 6.61 Å². The van der Waals surface area contributed by atoms with Crippen molar-refractivity contribution in [3.05, 3.63) is 34.6 Å². The van der Waals surface area contributed by atoms with Gasteiger partial charge in [0.15, 0.2) is 11.6 Å². The third kappa shape index (κ3) is 2.01. The fourth-order valence-corrected chi connectivity index (χ4v) is 2.68. The molecule has 0 aliphatic carbocycles. The normalized spacial score (nSPS) is 12.9. The molecular weight excluding hydrogens is 286 g/mol. The van der Waals surface area contributed by atoms with E-state index in [1.807, 2.05) is 6.92 Å². The highest BCUT2D eigenvalue weighted by molar-refractivity contribution is 5.82. The topological polar surface area (TPSA) is 78.7 Å². The zero-order valence-electron chi connectivity index (χ0n) is 12.7. The summed E-state index contributed by atoms with van der Waals surface area (Å²) in [5.41, 5.74) is 1.50. The average molecular weight is 303 g/mol. The highest BCUT2D eigenvalue weighted by atomic mass is 16.5. The summed E-state index contributed by atoms with van der Waals surface area (Å²) in [7, 11) is 0. The van der Waals surface area contributed by atoms with Gasteiger partial charge >= 0.3 is 5.97 Å². The van der Waals surface area contributed by atoms with Crippen molar-refractivity contribution in [3.63, 3.8) is 0 Å². The van der Waals surface area contributed by atoms with E-state index in [1.165, 1.54) is 4.68 Å². The van der Waals surface area contributed by atoms with Crippen LogP contribution in [0, 0.1) is 6.92 Å². The second kappa shape index (κ2) is 5.32. The second-order valence-corrected chi connectivity index (χ2v) is 5.01. The van der Waals surface area contributed by atoms with E-state index in [2.05, 4.69) is 5.10 Å². The molecule has 3 aromatic rings. The first kappa shape index (κ1) is 14.4. The van der Waals surface area contributed by atoms with Gasteiger partial charge in [0.2, 0.25) is 0 Å².